The lowest BCUT2D eigenvalue weighted by atomic mass is 9.74. The lowest BCUT2D eigenvalue weighted by molar-refractivity contribution is -0.137. The highest BCUT2D eigenvalue weighted by Gasteiger charge is 2.45. The smallest absolute Gasteiger partial charge is 0.244 e. The van der Waals surface area contributed by atoms with Crippen molar-refractivity contribution in [3.63, 3.8) is 0 Å². The summed E-state index contributed by atoms with van der Waals surface area (Å²) in [6.45, 7) is 0. The Labute approximate surface area is 108 Å². The van der Waals surface area contributed by atoms with Gasteiger partial charge in [-0.25, -0.2) is 0 Å². The SMILES string of the molecule is N#CC1C(=O)NC(=O)C(C#N)C1c1ccc(O)cc1. The molecular weight excluding hydrogens is 246 g/mol. The number of nitriles is 2. The van der Waals surface area contributed by atoms with E-state index >= 15 is 0 Å². The Kier molecular flexibility index (Phi) is 3.17. The first-order valence-corrected chi connectivity index (χ1v) is 5.51. The number of rotatable bonds is 1. The van der Waals surface area contributed by atoms with E-state index in [1.165, 1.54) is 24.3 Å². The maximum Gasteiger partial charge on any atom is 0.244 e. The Balaban J connectivity index is 2.50. The zero-order valence-electron chi connectivity index (χ0n) is 9.70. The number of nitrogens with zero attached hydrogens (tertiary/aromatic N) is 2. The minimum atomic E-state index is -1.10. The van der Waals surface area contributed by atoms with Crippen LogP contribution in [0.4, 0.5) is 0 Å². The molecule has 0 aliphatic carbocycles. The van der Waals surface area contributed by atoms with Gasteiger partial charge in [0.05, 0.1) is 12.1 Å². The molecule has 2 atom stereocenters. The zero-order chi connectivity index (χ0) is 14.0. The molecular formula is C13H9N3O3. The van der Waals surface area contributed by atoms with Crippen molar-refractivity contribution >= 4 is 11.8 Å². The largest absolute Gasteiger partial charge is 0.508 e. The van der Waals surface area contributed by atoms with Crippen LogP contribution in [0.2, 0.25) is 0 Å². The predicted molar refractivity (Wildman–Crippen MR) is 62.2 cm³/mol. The summed E-state index contributed by atoms with van der Waals surface area (Å²) >= 11 is 0. The van der Waals surface area contributed by atoms with E-state index in [0.717, 1.165) is 0 Å². The fraction of sp³-hybridized carbons (Fsp3) is 0.231. The second-order valence-electron chi connectivity index (χ2n) is 4.18. The number of carbonyl (C=O) groups excluding carboxylic acids is 2. The quantitative estimate of drug-likeness (QED) is 0.705. The van der Waals surface area contributed by atoms with Gasteiger partial charge in [-0.3, -0.25) is 14.9 Å². The van der Waals surface area contributed by atoms with Crippen LogP contribution in [0.3, 0.4) is 0 Å². The minimum absolute atomic E-state index is 0.0253. The monoisotopic (exact) mass is 255 g/mol. The number of carbonyl (C=O) groups is 2. The molecule has 0 spiro atoms. The minimum Gasteiger partial charge on any atom is -0.508 e. The van der Waals surface area contributed by atoms with E-state index in [-0.39, 0.29) is 5.75 Å². The molecule has 0 saturated carbocycles. The van der Waals surface area contributed by atoms with Crippen molar-refractivity contribution in [3.05, 3.63) is 29.8 Å². The number of hydrogen-bond donors (Lipinski definition) is 2. The molecule has 19 heavy (non-hydrogen) atoms. The Bertz CT molecular complexity index is 578. The number of aromatic hydroxyl groups is 1. The molecule has 1 aromatic rings. The van der Waals surface area contributed by atoms with Crippen molar-refractivity contribution in [3.8, 4) is 17.9 Å². The topological polar surface area (TPSA) is 114 Å². The highest BCUT2D eigenvalue weighted by atomic mass is 16.3. The molecule has 2 amide bonds. The number of nitrogens with one attached hydrogen (secondary N) is 1. The van der Waals surface area contributed by atoms with Gasteiger partial charge in [0.2, 0.25) is 11.8 Å². The standard InChI is InChI=1S/C13H9N3O3/c14-5-9-11(7-1-3-8(17)4-2-7)10(6-15)13(19)16-12(9)18/h1-4,9-11,17H,(H,16,18,19). The van der Waals surface area contributed by atoms with Crippen molar-refractivity contribution in [1.29, 1.82) is 10.5 Å². The van der Waals surface area contributed by atoms with E-state index in [1.54, 1.807) is 0 Å². The molecule has 1 heterocycles. The maximum atomic E-state index is 11.6. The van der Waals surface area contributed by atoms with Crippen LogP contribution >= 0.6 is 0 Å². The summed E-state index contributed by atoms with van der Waals surface area (Å²) in [6.07, 6.45) is 0. The highest BCUT2D eigenvalue weighted by molar-refractivity contribution is 6.03. The highest BCUT2D eigenvalue weighted by Crippen LogP contribution is 2.35. The third-order valence-corrected chi connectivity index (χ3v) is 3.09. The van der Waals surface area contributed by atoms with Crippen LogP contribution in [0.5, 0.6) is 5.75 Å². The van der Waals surface area contributed by atoms with Crippen LogP contribution in [-0.4, -0.2) is 16.9 Å². The number of imide groups is 1. The molecule has 2 N–H and O–H groups in total. The molecule has 0 bridgehead atoms. The summed E-state index contributed by atoms with van der Waals surface area (Å²) in [6, 6.07) is 9.42. The van der Waals surface area contributed by atoms with Gasteiger partial charge in [0.25, 0.3) is 0 Å². The van der Waals surface area contributed by atoms with Gasteiger partial charge < -0.3 is 5.11 Å². The van der Waals surface area contributed by atoms with Gasteiger partial charge in [-0.1, -0.05) is 12.1 Å². The van der Waals surface area contributed by atoms with Gasteiger partial charge in [0, 0.05) is 5.92 Å². The number of hydrogen-bond acceptors (Lipinski definition) is 5. The molecule has 2 rings (SSSR count). The first-order valence-electron chi connectivity index (χ1n) is 5.51. The van der Waals surface area contributed by atoms with E-state index < -0.39 is 29.6 Å². The van der Waals surface area contributed by atoms with Crippen molar-refractivity contribution in [2.45, 2.75) is 5.92 Å². The van der Waals surface area contributed by atoms with Gasteiger partial charge in [0.15, 0.2) is 0 Å². The molecule has 6 heteroatoms. The average molecular weight is 255 g/mol. The van der Waals surface area contributed by atoms with E-state index in [4.69, 9.17) is 10.5 Å². The van der Waals surface area contributed by atoms with Crippen LogP contribution < -0.4 is 5.32 Å². The fourth-order valence-corrected chi connectivity index (χ4v) is 2.15. The van der Waals surface area contributed by atoms with Crippen LogP contribution in [-0.2, 0) is 9.59 Å². The lowest BCUT2D eigenvalue weighted by Crippen LogP contribution is -2.49. The molecule has 1 saturated heterocycles. The normalized spacial score (nSPS) is 26.1. The molecule has 94 valence electrons. The summed E-state index contributed by atoms with van der Waals surface area (Å²) in [5, 5.41) is 29.4. The first kappa shape index (κ1) is 12.6. The Morgan fingerprint density at radius 1 is 1.00 bits per heavy atom. The summed E-state index contributed by atoms with van der Waals surface area (Å²) in [5.41, 5.74) is 0.499. The van der Waals surface area contributed by atoms with Crippen LogP contribution in [0.25, 0.3) is 0 Å². The van der Waals surface area contributed by atoms with Gasteiger partial charge in [-0.15, -0.1) is 0 Å². The number of amides is 2. The molecule has 1 aliphatic rings. The van der Waals surface area contributed by atoms with Gasteiger partial charge in [-0.05, 0) is 17.7 Å². The number of piperidine rings is 1. The van der Waals surface area contributed by atoms with Gasteiger partial charge in [0.1, 0.15) is 17.6 Å². The van der Waals surface area contributed by atoms with E-state index in [9.17, 15) is 14.7 Å². The Morgan fingerprint density at radius 2 is 1.47 bits per heavy atom. The average Bonchev–Trinajstić information content (AvgIpc) is 2.39. The maximum absolute atomic E-state index is 11.6. The Morgan fingerprint density at radius 3 is 1.89 bits per heavy atom. The Hall–Kier alpha value is -2.86. The molecule has 1 aromatic carbocycles. The molecule has 1 aliphatic heterocycles. The van der Waals surface area contributed by atoms with E-state index in [0.29, 0.717) is 5.56 Å². The lowest BCUT2D eigenvalue weighted by Gasteiger charge is -2.29. The van der Waals surface area contributed by atoms with Crippen LogP contribution in [0, 0.1) is 34.5 Å². The summed E-state index contributed by atoms with van der Waals surface area (Å²) in [7, 11) is 0. The predicted octanol–water partition coefficient (Wildman–Crippen LogP) is 0.412. The first-order chi connectivity index (χ1) is 9.08. The molecule has 6 nitrogen and oxygen atoms in total. The van der Waals surface area contributed by atoms with E-state index in [1.807, 2.05) is 17.5 Å². The van der Waals surface area contributed by atoms with Crippen LogP contribution in [0.15, 0.2) is 24.3 Å². The van der Waals surface area contributed by atoms with Crippen LogP contribution in [0.1, 0.15) is 11.5 Å². The molecule has 1 fully saturated rings. The summed E-state index contributed by atoms with van der Waals surface area (Å²) in [4.78, 5) is 23.3. The van der Waals surface area contributed by atoms with Crippen molar-refractivity contribution in [2.24, 2.45) is 11.8 Å². The summed E-state index contributed by atoms with van der Waals surface area (Å²) < 4.78 is 0. The van der Waals surface area contributed by atoms with Gasteiger partial charge in [-0.2, -0.15) is 10.5 Å². The fourth-order valence-electron chi connectivity index (χ4n) is 2.15. The van der Waals surface area contributed by atoms with Crippen molar-refractivity contribution in [1.82, 2.24) is 5.32 Å². The molecule has 2 unspecified atom stereocenters. The number of phenols is 1. The second-order valence-corrected chi connectivity index (χ2v) is 4.18. The third-order valence-electron chi connectivity index (χ3n) is 3.09. The van der Waals surface area contributed by atoms with Crippen molar-refractivity contribution in [2.75, 3.05) is 0 Å². The summed E-state index contributed by atoms with van der Waals surface area (Å²) in [5.74, 6) is -4.40. The van der Waals surface area contributed by atoms with Crippen molar-refractivity contribution < 1.29 is 14.7 Å². The third kappa shape index (κ3) is 2.12. The van der Waals surface area contributed by atoms with Gasteiger partial charge >= 0.3 is 0 Å². The number of phenolic OH excluding ortho intramolecular Hbond substituents is 1. The zero-order valence-corrected chi connectivity index (χ0v) is 9.70. The molecule has 0 aromatic heterocycles. The van der Waals surface area contributed by atoms with E-state index in [2.05, 4.69) is 0 Å². The number of benzene rings is 1. The second kappa shape index (κ2) is 4.79. The molecule has 0 radical (unpaired) electrons.